The van der Waals surface area contributed by atoms with Gasteiger partial charge in [-0.1, -0.05) is 11.6 Å². The third-order valence-corrected chi connectivity index (χ3v) is 5.03. The van der Waals surface area contributed by atoms with Gasteiger partial charge in [-0.15, -0.1) is 0 Å². The number of carbonyl (C=O) groups excluding carboxylic acids is 2. The number of benzene rings is 1. The van der Waals surface area contributed by atoms with E-state index in [0.717, 1.165) is 4.31 Å². The van der Waals surface area contributed by atoms with E-state index < -0.39 is 15.9 Å². The minimum atomic E-state index is -3.74. The van der Waals surface area contributed by atoms with Gasteiger partial charge in [0.1, 0.15) is 4.90 Å². The normalized spacial score (nSPS) is 11.3. The molecule has 1 rings (SSSR count). The summed E-state index contributed by atoms with van der Waals surface area (Å²) in [6.07, 6.45) is 0. The smallest absolute Gasteiger partial charge is 0.251 e. The summed E-state index contributed by atoms with van der Waals surface area (Å²) in [7, 11) is -0.974. The Labute approximate surface area is 134 Å². The van der Waals surface area contributed by atoms with E-state index in [0.29, 0.717) is 0 Å². The van der Waals surface area contributed by atoms with E-state index in [-0.39, 0.29) is 34.5 Å². The van der Waals surface area contributed by atoms with Crippen molar-refractivity contribution in [1.29, 1.82) is 0 Å². The van der Waals surface area contributed by atoms with Crippen molar-refractivity contribution < 1.29 is 18.0 Å². The predicted molar refractivity (Wildman–Crippen MR) is 83.3 cm³/mol. The molecule has 0 spiro atoms. The minimum absolute atomic E-state index is 0.0449. The van der Waals surface area contributed by atoms with Crippen molar-refractivity contribution in [3.63, 3.8) is 0 Å². The summed E-state index contributed by atoms with van der Waals surface area (Å²) < 4.78 is 25.3. The van der Waals surface area contributed by atoms with Crippen molar-refractivity contribution in [2.24, 2.45) is 0 Å². The Morgan fingerprint density at radius 2 is 1.77 bits per heavy atom. The lowest BCUT2D eigenvalue weighted by Gasteiger charge is -2.14. The summed E-state index contributed by atoms with van der Waals surface area (Å²) in [5, 5.41) is 5.16. The van der Waals surface area contributed by atoms with Crippen LogP contribution in [-0.4, -0.2) is 51.7 Å². The molecule has 0 aliphatic rings. The lowest BCUT2D eigenvalue weighted by Crippen LogP contribution is -2.33. The van der Waals surface area contributed by atoms with Gasteiger partial charge in [-0.2, -0.15) is 0 Å². The van der Waals surface area contributed by atoms with Gasteiger partial charge in [0.15, 0.2) is 0 Å². The van der Waals surface area contributed by atoms with E-state index in [2.05, 4.69) is 10.6 Å². The minimum Gasteiger partial charge on any atom is -0.355 e. The number of nitrogens with one attached hydrogen (secondary N) is 2. The molecule has 0 aromatic heterocycles. The van der Waals surface area contributed by atoms with Crippen molar-refractivity contribution in [1.82, 2.24) is 14.9 Å². The number of hydrogen-bond acceptors (Lipinski definition) is 4. The second-order valence-corrected chi connectivity index (χ2v) is 7.20. The summed E-state index contributed by atoms with van der Waals surface area (Å²) in [5.41, 5.74) is 0.174. The molecule has 122 valence electrons. The second kappa shape index (κ2) is 7.57. The molecule has 2 amide bonds. The Morgan fingerprint density at radius 3 is 2.32 bits per heavy atom. The van der Waals surface area contributed by atoms with Gasteiger partial charge in [0.2, 0.25) is 15.9 Å². The molecular weight excluding hydrogens is 330 g/mol. The van der Waals surface area contributed by atoms with Crippen molar-refractivity contribution in [2.45, 2.75) is 11.8 Å². The molecule has 0 heterocycles. The monoisotopic (exact) mass is 347 g/mol. The van der Waals surface area contributed by atoms with Crippen LogP contribution in [0.2, 0.25) is 5.02 Å². The van der Waals surface area contributed by atoms with Gasteiger partial charge in [-0.3, -0.25) is 9.59 Å². The van der Waals surface area contributed by atoms with Crippen LogP contribution in [0.15, 0.2) is 23.1 Å². The number of nitrogens with zero attached hydrogens (tertiary/aromatic N) is 1. The van der Waals surface area contributed by atoms with E-state index in [1.54, 1.807) is 0 Å². The first-order valence-corrected chi connectivity index (χ1v) is 8.22. The zero-order chi connectivity index (χ0) is 16.9. The van der Waals surface area contributed by atoms with Crippen LogP contribution >= 0.6 is 11.6 Å². The van der Waals surface area contributed by atoms with Crippen LogP contribution in [0.3, 0.4) is 0 Å². The van der Waals surface area contributed by atoms with E-state index in [1.165, 1.54) is 39.2 Å². The van der Waals surface area contributed by atoms with Gasteiger partial charge in [-0.25, -0.2) is 12.7 Å². The number of rotatable bonds is 6. The van der Waals surface area contributed by atoms with Gasteiger partial charge in [0, 0.05) is 39.7 Å². The summed E-state index contributed by atoms with van der Waals surface area (Å²) >= 11 is 5.91. The molecule has 0 aliphatic carbocycles. The molecule has 0 atom stereocenters. The zero-order valence-corrected chi connectivity index (χ0v) is 14.1. The molecule has 2 N–H and O–H groups in total. The van der Waals surface area contributed by atoms with E-state index in [1.807, 2.05) is 0 Å². The maximum Gasteiger partial charge on any atom is 0.251 e. The number of sulfonamides is 1. The number of carbonyl (C=O) groups is 2. The molecule has 7 nitrogen and oxygen atoms in total. The average molecular weight is 348 g/mol. The van der Waals surface area contributed by atoms with Crippen LogP contribution in [0.1, 0.15) is 17.3 Å². The lowest BCUT2D eigenvalue weighted by atomic mass is 10.2. The summed E-state index contributed by atoms with van der Waals surface area (Å²) in [6.45, 7) is 1.90. The van der Waals surface area contributed by atoms with Crippen LogP contribution in [-0.2, 0) is 14.8 Å². The highest BCUT2D eigenvalue weighted by molar-refractivity contribution is 7.89. The molecule has 22 heavy (non-hydrogen) atoms. The molecular formula is C13H18ClN3O4S. The van der Waals surface area contributed by atoms with Crippen molar-refractivity contribution in [3.05, 3.63) is 28.8 Å². The van der Waals surface area contributed by atoms with Crippen LogP contribution in [0.5, 0.6) is 0 Å². The molecule has 0 bridgehead atoms. The first-order chi connectivity index (χ1) is 10.2. The fourth-order valence-corrected chi connectivity index (χ4v) is 2.95. The van der Waals surface area contributed by atoms with Gasteiger partial charge in [0.25, 0.3) is 5.91 Å². The highest BCUT2D eigenvalue weighted by Crippen LogP contribution is 2.24. The maximum atomic E-state index is 12.1. The number of hydrogen-bond donors (Lipinski definition) is 2. The third-order valence-electron chi connectivity index (χ3n) is 2.74. The molecule has 1 aromatic rings. The topological polar surface area (TPSA) is 95.6 Å². The van der Waals surface area contributed by atoms with E-state index in [9.17, 15) is 18.0 Å². The van der Waals surface area contributed by atoms with Crippen LogP contribution in [0.4, 0.5) is 0 Å². The van der Waals surface area contributed by atoms with E-state index in [4.69, 9.17) is 11.6 Å². The second-order valence-electron chi connectivity index (χ2n) is 4.67. The van der Waals surface area contributed by atoms with E-state index >= 15 is 0 Å². The molecule has 0 fully saturated rings. The van der Waals surface area contributed by atoms with Crippen LogP contribution in [0, 0.1) is 0 Å². The quantitative estimate of drug-likeness (QED) is 0.731. The molecule has 0 saturated heterocycles. The fourth-order valence-electron chi connectivity index (χ4n) is 1.56. The van der Waals surface area contributed by atoms with Crippen LogP contribution < -0.4 is 10.6 Å². The third kappa shape index (κ3) is 4.69. The summed E-state index contributed by atoms with van der Waals surface area (Å²) in [4.78, 5) is 22.5. The summed E-state index contributed by atoms with van der Waals surface area (Å²) in [6, 6.07) is 4.02. The highest BCUT2D eigenvalue weighted by atomic mass is 35.5. The van der Waals surface area contributed by atoms with Crippen molar-refractivity contribution in [2.75, 3.05) is 27.2 Å². The molecule has 1 aromatic carbocycles. The van der Waals surface area contributed by atoms with Gasteiger partial charge >= 0.3 is 0 Å². The number of amides is 2. The molecule has 0 radical (unpaired) electrons. The SMILES string of the molecule is CC(=O)NCCNC(=O)c1ccc(Cl)c(S(=O)(=O)N(C)C)c1. The van der Waals surface area contributed by atoms with Crippen LogP contribution in [0.25, 0.3) is 0 Å². The fraction of sp³-hybridized carbons (Fsp3) is 0.385. The van der Waals surface area contributed by atoms with Gasteiger partial charge in [0.05, 0.1) is 5.02 Å². The standard InChI is InChI=1S/C13H18ClN3O4S/c1-9(18)15-6-7-16-13(19)10-4-5-11(14)12(8-10)22(20,21)17(2)3/h4-5,8H,6-7H2,1-3H3,(H,15,18)(H,16,19). The molecule has 0 saturated carbocycles. The maximum absolute atomic E-state index is 12.1. The van der Waals surface area contributed by atoms with Crippen molar-refractivity contribution >= 4 is 33.4 Å². The van der Waals surface area contributed by atoms with Gasteiger partial charge in [-0.05, 0) is 18.2 Å². The Balaban J connectivity index is 2.89. The number of halogens is 1. The van der Waals surface area contributed by atoms with Crippen molar-refractivity contribution in [3.8, 4) is 0 Å². The van der Waals surface area contributed by atoms with Gasteiger partial charge < -0.3 is 10.6 Å². The molecule has 0 unspecified atom stereocenters. The predicted octanol–water partition coefficient (Wildman–Crippen LogP) is 0.456. The summed E-state index contributed by atoms with van der Waals surface area (Å²) in [5.74, 6) is -0.641. The Bertz CT molecular complexity index is 674. The first-order valence-electron chi connectivity index (χ1n) is 6.41. The average Bonchev–Trinajstić information content (AvgIpc) is 2.43. The Morgan fingerprint density at radius 1 is 1.18 bits per heavy atom. The molecule has 0 aliphatic heterocycles. The first kappa shape index (κ1) is 18.4. The largest absolute Gasteiger partial charge is 0.355 e. The Hall–Kier alpha value is -1.64. The Kier molecular flexibility index (Phi) is 6.34. The molecule has 9 heteroatoms. The lowest BCUT2D eigenvalue weighted by molar-refractivity contribution is -0.118. The highest BCUT2D eigenvalue weighted by Gasteiger charge is 2.22. The zero-order valence-electron chi connectivity index (χ0n) is 12.5.